The van der Waals surface area contributed by atoms with Crippen molar-refractivity contribution in [1.29, 1.82) is 0 Å². The summed E-state index contributed by atoms with van der Waals surface area (Å²) in [5, 5.41) is 23.3. The molecule has 0 bridgehead atoms. The molecule has 1 amide bonds. The lowest BCUT2D eigenvalue weighted by molar-refractivity contribution is -0.143. The summed E-state index contributed by atoms with van der Waals surface area (Å²) in [6, 6.07) is -0.535. The zero-order valence-electron chi connectivity index (χ0n) is 52.0. The Labute approximate surface area is 476 Å². The van der Waals surface area contributed by atoms with Crippen LogP contribution in [0.2, 0.25) is 0 Å². The molecule has 0 fully saturated rings. The highest BCUT2D eigenvalue weighted by molar-refractivity contribution is 5.76. The molecule has 0 saturated carbocycles. The average molecular weight is 1070 g/mol. The summed E-state index contributed by atoms with van der Waals surface area (Å²) in [5.41, 5.74) is 0. The van der Waals surface area contributed by atoms with E-state index >= 15 is 0 Å². The van der Waals surface area contributed by atoms with E-state index in [9.17, 15) is 19.8 Å². The zero-order chi connectivity index (χ0) is 55.0. The number of rotatable bonds is 67. The molecule has 0 rings (SSSR count). The number of aliphatic hydroxyl groups is 2. The fourth-order valence-electron chi connectivity index (χ4n) is 11.5. The van der Waals surface area contributed by atoms with Crippen molar-refractivity contribution in [3.63, 3.8) is 0 Å². The molecule has 6 heteroatoms. The first-order chi connectivity index (χ1) is 37.5. The maximum atomic E-state index is 12.5. The van der Waals surface area contributed by atoms with Gasteiger partial charge in [-0.05, 0) is 25.7 Å². The number of ether oxygens (including phenoxy) is 1. The number of hydrogen-bond acceptors (Lipinski definition) is 5. The Kier molecular flexibility index (Phi) is 65.4. The number of hydrogen-bond donors (Lipinski definition) is 3. The smallest absolute Gasteiger partial charge is 0.305 e. The van der Waals surface area contributed by atoms with Gasteiger partial charge in [0.05, 0.1) is 25.4 Å². The first-order valence-corrected chi connectivity index (χ1v) is 35.3. The average Bonchev–Trinajstić information content (AvgIpc) is 3.42. The molecular formula is C70H139NO5. The van der Waals surface area contributed by atoms with Crippen LogP contribution in [0.3, 0.4) is 0 Å². The maximum absolute atomic E-state index is 12.5. The zero-order valence-corrected chi connectivity index (χ0v) is 52.0. The fraction of sp³-hybridized carbons (Fsp3) is 0.971. The van der Waals surface area contributed by atoms with Gasteiger partial charge in [-0.1, -0.05) is 373 Å². The predicted molar refractivity (Wildman–Crippen MR) is 334 cm³/mol. The van der Waals surface area contributed by atoms with Gasteiger partial charge in [0, 0.05) is 12.8 Å². The molecule has 0 aromatic carbocycles. The second-order valence-electron chi connectivity index (χ2n) is 24.6. The van der Waals surface area contributed by atoms with Crippen LogP contribution in [0, 0.1) is 0 Å². The van der Waals surface area contributed by atoms with Crippen LogP contribution < -0.4 is 5.32 Å². The van der Waals surface area contributed by atoms with Gasteiger partial charge in [-0.2, -0.15) is 0 Å². The Morgan fingerprint density at radius 1 is 0.316 bits per heavy atom. The van der Waals surface area contributed by atoms with Crippen molar-refractivity contribution in [3.8, 4) is 0 Å². The van der Waals surface area contributed by atoms with Crippen LogP contribution in [0.25, 0.3) is 0 Å². The third-order valence-electron chi connectivity index (χ3n) is 16.9. The lowest BCUT2D eigenvalue weighted by Crippen LogP contribution is -2.45. The van der Waals surface area contributed by atoms with Gasteiger partial charge in [0.25, 0.3) is 0 Å². The molecular weight excluding hydrogens is 935 g/mol. The monoisotopic (exact) mass is 1070 g/mol. The molecule has 76 heavy (non-hydrogen) atoms. The minimum absolute atomic E-state index is 0.0250. The van der Waals surface area contributed by atoms with Gasteiger partial charge in [0.2, 0.25) is 5.91 Å². The minimum Gasteiger partial charge on any atom is -0.466 e. The van der Waals surface area contributed by atoms with Gasteiger partial charge < -0.3 is 20.3 Å². The molecule has 0 saturated heterocycles. The molecule has 2 unspecified atom stereocenters. The van der Waals surface area contributed by atoms with Crippen LogP contribution in [-0.4, -0.2) is 47.4 Å². The highest BCUT2D eigenvalue weighted by atomic mass is 16.5. The summed E-state index contributed by atoms with van der Waals surface area (Å²) >= 11 is 0. The number of amides is 1. The number of nitrogens with one attached hydrogen (secondary N) is 1. The quantitative estimate of drug-likeness (QED) is 0.0417. The van der Waals surface area contributed by atoms with Crippen molar-refractivity contribution in [2.24, 2.45) is 0 Å². The fourth-order valence-corrected chi connectivity index (χ4v) is 11.5. The Balaban J connectivity index is 3.28. The minimum atomic E-state index is -0.658. The third kappa shape index (κ3) is 62.1. The van der Waals surface area contributed by atoms with E-state index in [1.165, 1.54) is 340 Å². The lowest BCUT2D eigenvalue weighted by atomic mass is 10.0. The molecule has 6 nitrogen and oxygen atoms in total. The number of aliphatic hydroxyl groups excluding tert-OH is 2. The van der Waals surface area contributed by atoms with E-state index in [0.717, 1.165) is 38.5 Å². The van der Waals surface area contributed by atoms with E-state index in [1.807, 2.05) is 0 Å². The van der Waals surface area contributed by atoms with Crippen LogP contribution in [0.1, 0.15) is 412 Å². The second kappa shape index (κ2) is 66.4. The number of carbonyl (C=O) groups is 2. The van der Waals surface area contributed by atoms with E-state index in [2.05, 4.69) is 19.2 Å². The van der Waals surface area contributed by atoms with Gasteiger partial charge in [-0.3, -0.25) is 9.59 Å². The van der Waals surface area contributed by atoms with Crippen LogP contribution in [0.5, 0.6) is 0 Å². The molecule has 454 valence electrons. The largest absolute Gasteiger partial charge is 0.466 e. The maximum Gasteiger partial charge on any atom is 0.305 e. The molecule has 0 heterocycles. The highest BCUT2D eigenvalue weighted by Gasteiger charge is 2.20. The Morgan fingerprint density at radius 3 is 0.803 bits per heavy atom. The molecule has 2 atom stereocenters. The van der Waals surface area contributed by atoms with E-state index in [1.54, 1.807) is 0 Å². The summed E-state index contributed by atoms with van der Waals surface area (Å²) in [4.78, 5) is 24.5. The van der Waals surface area contributed by atoms with Crippen molar-refractivity contribution >= 4 is 11.9 Å². The predicted octanol–water partition coefficient (Wildman–Crippen LogP) is 22.6. The molecule has 0 radical (unpaired) electrons. The summed E-state index contributed by atoms with van der Waals surface area (Å²) in [5.74, 6) is -0.00286. The topological polar surface area (TPSA) is 95.9 Å². The number of carbonyl (C=O) groups excluding carboxylic acids is 2. The second-order valence-corrected chi connectivity index (χ2v) is 24.6. The molecule has 0 aliphatic rings. The van der Waals surface area contributed by atoms with Gasteiger partial charge in [-0.25, -0.2) is 0 Å². The van der Waals surface area contributed by atoms with Gasteiger partial charge in [0.1, 0.15) is 0 Å². The van der Waals surface area contributed by atoms with Crippen LogP contribution >= 0.6 is 0 Å². The van der Waals surface area contributed by atoms with Crippen molar-refractivity contribution in [2.45, 2.75) is 424 Å². The Hall–Kier alpha value is -1.14. The molecule has 0 aliphatic heterocycles. The van der Waals surface area contributed by atoms with Gasteiger partial charge in [0.15, 0.2) is 0 Å². The number of esters is 1. The van der Waals surface area contributed by atoms with Crippen LogP contribution in [0.4, 0.5) is 0 Å². The molecule has 0 aliphatic carbocycles. The third-order valence-corrected chi connectivity index (χ3v) is 16.9. The van der Waals surface area contributed by atoms with E-state index in [4.69, 9.17) is 4.74 Å². The highest BCUT2D eigenvalue weighted by Crippen LogP contribution is 2.20. The van der Waals surface area contributed by atoms with Crippen molar-refractivity contribution in [2.75, 3.05) is 13.2 Å². The van der Waals surface area contributed by atoms with Crippen LogP contribution in [0.15, 0.2) is 0 Å². The van der Waals surface area contributed by atoms with Gasteiger partial charge in [-0.15, -0.1) is 0 Å². The van der Waals surface area contributed by atoms with E-state index < -0.39 is 12.1 Å². The summed E-state index contributed by atoms with van der Waals surface area (Å²) < 4.78 is 5.50. The summed E-state index contributed by atoms with van der Waals surface area (Å²) in [7, 11) is 0. The van der Waals surface area contributed by atoms with Crippen molar-refractivity contribution < 1.29 is 24.5 Å². The van der Waals surface area contributed by atoms with Crippen LogP contribution in [-0.2, 0) is 14.3 Å². The summed E-state index contributed by atoms with van der Waals surface area (Å²) in [6.07, 6.45) is 80.3. The van der Waals surface area contributed by atoms with Crippen molar-refractivity contribution in [1.82, 2.24) is 5.32 Å². The molecule has 0 aromatic heterocycles. The Morgan fingerprint density at radius 2 is 0.539 bits per heavy atom. The Bertz CT molecular complexity index is 1100. The van der Waals surface area contributed by atoms with E-state index in [0.29, 0.717) is 25.9 Å². The van der Waals surface area contributed by atoms with E-state index in [-0.39, 0.29) is 18.5 Å². The lowest BCUT2D eigenvalue weighted by Gasteiger charge is -2.22. The SMILES string of the molecule is CCCCCCCCCCCCCCCCC(=O)OCCCCCCCCCCCCCCCCCCCCCCCCCCCCCCCCCCCC(=O)NC(CO)C(O)CCCCCCCCCCCCCC. The first kappa shape index (κ1) is 74.9. The normalized spacial score (nSPS) is 12.4. The standard InChI is InChI=1S/C70H139NO5/c1-3-5-7-9-11-13-15-17-40-44-48-52-56-60-64-70(75)76-65-61-57-53-49-45-41-38-36-34-32-30-28-26-24-22-20-18-19-21-23-25-27-29-31-33-35-37-39-43-47-51-55-59-63-69(74)71-67(66-72)68(73)62-58-54-50-46-42-16-14-12-10-8-6-4-2/h67-68,72-73H,3-66H2,1-2H3,(H,71,74). The number of unbranched alkanes of at least 4 members (excludes halogenated alkanes) is 56. The van der Waals surface area contributed by atoms with Crippen molar-refractivity contribution in [3.05, 3.63) is 0 Å². The van der Waals surface area contributed by atoms with Gasteiger partial charge >= 0.3 is 5.97 Å². The molecule has 3 N–H and O–H groups in total. The molecule has 0 spiro atoms. The first-order valence-electron chi connectivity index (χ1n) is 35.3. The summed E-state index contributed by atoms with van der Waals surface area (Å²) in [6.45, 7) is 4.99. The molecule has 0 aromatic rings.